The van der Waals surface area contributed by atoms with Crippen molar-refractivity contribution in [2.75, 3.05) is 11.1 Å². The summed E-state index contributed by atoms with van der Waals surface area (Å²) in [6.45, 7) is 0.200. The number of hydrogen-bond acceptors (Lipinski definition) is 6. The van der Waals surface area contributed by atoms with Gasteiger partial charge in [0, 0.05) is 18.7 Å². The molecule has 0 radical (unpaired) electrons. The monoisotopic (exact) mass is 524 g/mol. The lowest BCUT2D eigenvalue weighted by Gasteiger charge is -2.18. The van der Waals surface area contributed by atoms with E-state index in [1.54, 1.807) is 60.7 Å². The minimum absolute atomic E-state index is 0.0632. The zero-order chi connectivity index (χ0) is 27.8. The molecule has 4 rings (SSSR count). The summed E-state index contributed by atoms with van der Waals surface area (Å²) in [5.74, 6) is -2.59. The molecule has 39 heavy (non-hydrogen) atoms. The SMILES string of the molecule is Nc1ccccc1NC(=O)c1ccc(C(C(=O)NCc2cccc(O)c2)C(=O)NCc2cccc(O)c2)cc1. The number of anilines is 2. The van der Waals surface area contributed by atoms with Crippen molar-refractivity contribution in [3.63, 3.8) is 0 Å². The topological polar surface area (TPSA) is 154 Å². The highest BCUT2D eigenvalue weighted by Crippen LogP contribution is 2.21. The second kappa shape index (κ2) is 12.3. The molecule has 4 aromatic rings. The Hall–Kier alpha value is -5.31. The summed E-state index contributed by atoms with van der Waals surface area (Å²) in [5.41, 5.74) is 8.83. The average Bonchev–Trinajstić information content (AvgIpc) is 2.92. The van der Waals surface area contributed by atoms with Crippen LogP contribution in [0.2, 0.25) is 0 Å². The van der Waals surface area contributed by atoms with E-state index in [0.717, 1.165) is 0 Å². The Morgan fingerprint density at radius 3 is 1.74 bits per heavy atom. The van der Waals surface area contributed by atoms with Crippen LogP contribution >= 0.6 is 0 Å². The molecule has 0 bridgehead atoms. The summed E-state index contributed by atoms with van der Waals surface area (Å²) in [5, 5.41) is 27.6. The third kappa shape index (κ3) is 7.14. The highest BCUT2D eigenvalue weighted by Gasteiger charge is 2.28. The van der Waals surface area contributed by atoms with Gasteiger partial charge in [-0.3, -0.25) is 14.4 Å². The molecule has 0 saturated carbocycles. The number of rotatable bonds is 9. The maximum absolute atomic E-state index is 13.2. The quantitative estimate of drug-likeness (QED) is 0.145. The number of nitrogens with two attached hydrogens (primary N) is 1. The predicted octanol–water partition coefficient (Wildman–Crippen LogP) is 3.65. The van der Waals surface area contributed by atoms with E-state index in [1.807, 2.05) is 0 Å². The number of carbonyl (C=O) groups is 3. The lowest BCUT2D eigenvalue weighted by Crippen LogP contribution is -2.39. The van der Waals surface area contributed by atoms with E-state index < -0.39 is 23.6 Å². The fourth-order valence-electron chi connectivity index (χ4n) is 3.97. The highest BCUT2D eigenvalue weighted by molar-refractivity contribution is 6.07. The number of nitrogen functional groups attached to an aromatic ring is 1. The van der Waals surface area contributed by atoms with Crippen molar-refractivity contribution in [1.29, 1.82) is 0 Å². The third-order valence-electron chi connectivity index (χ3n) is 5.99. The largest absolute Gasteiger partial charge is 0.508 e. The van der Waals surface area contributed by atoms with E-state index in [2.05, 4.69) is 16.0 Å². The first-order valence-corrected chi connectivity index (χ1v) is 12.2. The van der Waals surface area contributed by atoms with E-state index in [-0.39, 0.29) is 24.6 Å². The summed E-state index contributed by atoms with van der Waals surface area (Å²) in [6.07, 6.45) is 0. The van der Waals surface area contributed by atoms with E-state index in [4.69, 9.17) is 5.73 Å². The molecule has 3 amide bonds. The zero-order valence-electron chi connectivity index (χ0n) is 20.9. The molecule has 0 aliphatic heterocycles. The fraction of sp³-hybridized carbons (Fsp3) is 0.100. The molecular formula is C30H28N4O5. The Labute approximate surface area is 225 Å². The van der Waals surface area contributed by atoms with E-state index in [1.165, 1.54) is 36.4 Å². The van der Waals surface area contributed by atoms with Crippen molar-refractivity contribution in [1.82, 2.24) is 10.6 Å². The molecule has 0 fully saturated rings. The van der Waals surface area contributed by atoms with Gasteiger partial charge in [-0.25, -0.2) is 0 Å². The number of phenolic OH excluding ortho intramolecular Hbond substituents is 2. The molecular weight excluding hydrogens is 496 g/mol. The molecule has 4 aromatic carbocycles. The van der Waals surface area contributed by atoms with Gasteiger partial charge in [-0.15, -0.1) is 0 Å². The first kappa shape index (κ1) is 26.7. The van der Waals surface area contributed by atoms with Crippen molar-refractivity contribution < 1.29 is 24.6 Å². The molecule has 198 valence electrons. The lowest BCUT2D eigenvalue weighted by molar-refractivity contribution is -0.131. The number of aromatic hydroxyl groups is 2. The smallest absolute Gasteiger partial charge is 0.255 e. The first-order valence-electron chi connectivity index (χ1n) is 12.2. The Morgan fingerprint density at radius 1 is 0.692 bits per heavy atom. The van der Waals surface area contributed by atoms with Gasteiger partial charge >= 0.3 is 0 Å². The molecule has 9 heteroatoms. The number of amides is 3. The Morgan fingerprint density at radius 2 is 1.23 bits per heavy atom. The number of carbonyl (C=O) groups excluding carboxylic acids is 3. The van der Waals surface area contributed by atoms with Crippen LogP contribution in [0.5, 0.6) is 11.5 Å². The maximum Gasteiger partial charge on any atom is 0.255 e. The van der Waals surface area contributed by atoms with Crippen LogP contribution in [0.25, 0.3) is 0 Å². The van der Waals surface area contributed by atoms with Gasteiger partial charge < -0.3 is 31.9 Å². The van der Waals surface area contributed by atoms with E-state index in [0.29, 0.717) is 33.6 Å². The van der Waals surface area contributed by atoms with Gasteiger partial charge in [-0.05, 0) is 65.2 Å². The normalized spacial score (nSPS) is 10.6. The van der Waals surface area contributed by atoms with Crippen molar-refractivity contribution in [2.24, 2.45) is 0 Å². The molecule has 0 aromatic heterocycles. The van der Waals surface area contributed by atoms with Gasteiger partial charge in [-0.2, -0.15) is 0 Å². The van der Waals surface area contributed by atoms with Gasteiger partial charge in [-0.1, -0.05) is 48.5 Å². The number of phenols is 2. The van der Waals surface area contributed by atoms with Crippen LogP contribution < -0.4 is 21.7 Å². The van der Waals surface area contributed by atoms with Crippen molar-refractivity contribution in [3.8, 4) is 11.5 Å². The molecule has 7 N–H and O–H groups in total. The average molecular weight is 525 g/mol. The number of hydrogen-bond donors (Lipinski definition) is 6. The minimum Gasteiger partial charge on any atom is -0.508 e. The molecule has 0 heterocycles. The summed E-state index contributed by atoms with van der Waals surface area (Å²) >= 11 is 0. The number of benzene rings is 4. The van der Waals surface area contributed by atoms with Crippen LogP contribution in [0, 0.1) is 0 Å². The Balaban J connectivity index is 1.52. The van der Waals surface area contributed by atoms with Crippen LogP contribution in [0.1, 0.15) is 33.0 Å². The van der Waals surface area contributed by atoms with Crippen molar-refractivity contribution >= 4 is 29.1 Å². The standard InChI is InChI=1S/C30H28N4O5/c31-25-9-1-2-10-26(25)34-28(37)22-13-11-21(12-14-22)27(29(38)32-17-19-5-3-7-23(35)15-19)30(39)33-18-20-6-4-8-24(36)16-20/h1-16,27,35-36H,17-18,31H2,(H,32,38)(H,33,39)(H,34,37). The molecule has 0 aliphatic carbocycles. The van der Waals surface area contributed by atoms with Gasteiger partial charge in [0.05, 0.1) is 11.4 Å². The molecule has 0 saturated heterocycles. The highest BCUT2D eigenvalue weighted by atomic mass is 16.3. The van der Waals surface area contributed by atoms with E-state index in [9.17, 15) is 24.6 Å². The Kier molecular flexibility index (Phi) is 8.43. The van der Waals surface area contributed by atoms with Gasteiger partial charge in [0.15, 0.2) is 0 Å². The summed E-state index contributed by atoms with van der Waals surface area (Å²) in [4.78, 5) is 39.2. The fourth-order valence-corrected chi connectivity index (χ4v) is 3.97. The number of para-hydroxylation sites is 2. The van der Waals surface area contributed by atoms with Crippen LogP contribution in [0.15, 0.2) is 97.1 Å². The second-order valence-corrected chi connectivity index (χ2v) is 8.87. The summed E-state index contributed by atoms with van der Waals surface area (Å²) in [7, 11) is 0. The second-order valence-electron chi connectivity index (χ2n) is 8.87. The molecule has 0 aliphatic rings. The van der Waals surface area contributed by atoms with Crippen LogP contribution in [0.3, 0.4) is 0 Å². The van der Waals surface area contributed by atoms with Crippen molar-refractivity contribution in [3.05, 3.63) is 119 Å². The van der Waals surface area contributed by atoms with Gasteiger partial charge in [0.2, 0.25) is 11.8 Å². The molecule has 0 spiro atoms. The van der Waals surface area contributed by atoms with Crippen LogP contribution in [-0.4, -0.2) is 27.9 Å². The van der Waals surface area contributed by atoms with Gasteiger partial charge in [0.25, 0.3) is 5.91 Å². The Bertz CT molecular complexity index is 1430. The first-order chi connectivity index (χ1) is 18.8. The molecule has 0 atom stereocenters. The zero-order valence-corrected chi connectivity index (χ0v) is 20.9. The van der Waals surface area contributed by atoms with E-state index >= 15 is 0 Å². The van der Waals surface area contributed by atoms with Crippen LogP contribution in [-0.2, 0) is 22.7 Å². The van der Waals surface area contributed by atoms with Crippen molar-refractivity contribution in [2.45, 2.75) is 19.0 Å². The summed E-state index contributed by atoms with van der Waals surface area (Å²) < 4.78 is 0. The maximum atomic E-state index is 13.2. The predicted molar refractivity (Wildman–Crippen MR) is 148 cm³/mol. The van der Waals surface area contributed by atoms with Crippen LogP contribution in [0.4, 0.5) is 11.4 Å². The lowest BCUT2D eigenvalue weighted by atomic mass is 9.95. The summed E-state index contributed by atoms with van der Waals surface area (Å²) in [6, 6.07) is 25.9. The minimum atomic E-state index is -1.22. The molecule has 0 unspecified atom stereocenters. The third-order valence-corrected chi connectivity index (χ3v) is 5.99. The molecule has 9 nitrogen and oxygen atoms in total. The number of nitrogens with one attached hydrogen (secondary N) is 3. The van der Waals surface area contributed by atoms with Gasteiger partial charge in [0.1, 0.15) is 17.4 Å².